The Kier molecular flexibility index (Phi) is 3.67. The van der Waals surface area contributed by atoms with E-state index in [1.54, 1.807) is 6.07 Å². The molecule has 148 valence electrons. The molecule has 1 saturated carbocycles. The molecule has 2 heterocycles. The molecule has 1 spiro atoms. The molecule has 1 aromatic rings. The number of aliphatic hydroxyl groups is 1. The summed E-state index contributed by atoms with van der Waals surface area (Å²) >= 11 is 0. The van der Waals surface area contributed by atoms with E-state index in [4.69, 9.17) is 14.2 Å². The molecule has 1 N–H and O–H groups in total. The number of piperidine rings is 1. The monoisotopic (exact) mass is 385 g/mol. The molecule has 0 aromatic heterocycles. The number of benzene rings is 1. The van der Waals surface area contributed by atoms with Crippen LogP contribution >= 0.6 is 0 Å². The quantitative estimate of drug-likeness (QED) is 0.482. The lowest BCUT2D eigenvalue weighted by molar-refractivity contribution is -0.185. The van der Waals surface area contributed by atoms with Crippen LogP contribution in [0.1, 0.15) is 30.4 Å². The smallest absolute Gasteiger partial charge is 0.477 e. The number of ketones is 1. The van der Waals surface area contributed by atoms with Gasteiger partial charge in [0.15, 0.2) is 23.4 Å². The third-order valence-corrected chi connectivity index (χ3v) is 7.02. The van der Waals surface area contributed by atoms with Gasteiger partial charge in [0.1, 0.15) is 6.61 Å². The van der Waals surface area contributed by atoms with Crippen molar-refractivity contribution < 1.29 is 28.9 Å². The molecule has 0 radical (unpaired) electrons. The average molecular weight is 385 g/mol. The number of rotatable bonds is 3. The molecule has 4 aliphatic rings. The minimum atomic E-state index is -1.04. The van der Waals surface area contributed by atoms with E-state index in [9.17, 15) is 14.7 Å². The third-order valence-electron chi connectivity index (χ3n) is 7.02. The molecule has 28 heavy (non-hydrogen) atoms. The molecule has 4 atom stereocenters. The fraction of sp³-hybridized carbons (Fsp3) is 0.524. The van der Waals surface area contributed by atoms with Gasteiger partial charge in [0, 0.05) is 18.0 Å². The molecule has 7 heteroatoms. The summed E-state index contributed by atoms with van der Waals surface area (Å²) in [5.41, 5.74) is 0.0534. The zero-order valence-corrected chi connectivity index (χ0v) is 15.8. The van der Waals surface area contributed by atoms with Crippen LogP contribution < -0.4 is 9.47 Å². The molecule has 1 aromatic carbocycles. The highest BCUT2D eigenvalue weighted by atomic mass is 16.7. The molecule has 2 bridgehead atoms. The molecule has 1 saturated heterocycles. The summed E-state index contributed by atoms with van der Waals surface area (Å²) < 4.78 is 16.4. The van der Waals surface area contributed by atoms with E-state index in [0.29, 0.717) is 25.0 Å². The van der Waals surface area contributed by atoms with Gasteiger partial charge in [-0.25, -0.2) is 4.79 Å². The highest BCUT2D eigenvalue weighted by Crippen LogP contribution is 2.64. The van der Waals surface area contributed by atoms with Gasteiger partial charge in [0.05, 0.1) is 11.0 Å². The van der Waals surface area contributed by atoms with Gasteiger partial charge in [-0.1, -0.05) is 18.7 Å². The summed E-state index contributed by atoms with van der Waals surface area (Å²) in [4.78, 5) is 27.0. The molecule has 7 nitrogen and oxygen atoms in total. The Morgan fingerprint density at radius 2 is 2.29 bits per heavy atom. The second-order valence-electron chi connectivity index (χ2n) is 8.19. The summed E-state index contributed by atoms with van der Waals surface area (Å²) in [7, 11) is 2.02. The van der Waals surface area contributed by atoms with Gasteiger partial charge < -0.3 is 24.2 Å². The maximum Gasteiger partial charge on any atom is 0.514 e. The Bertz CT molecular complexity index is 897. The van der Waals surface area contributed by atoms with Gasteiger partial charge >= 0.3 is 6.16 Å². The van der Waals surface area contributed by atoms with Crippen LogP contribution in [0.25, 0.3) is 0 Å². The van der Waals surface area contributed by atoms with Crippen LogP contribution in [0.2, 0.25) is 0 Å². The van der Waals surface area contributed by atoms with E-state index < -0.39 is 23.3 Å². The minimum absolute atomic E-state index is 0.00258. The van der Waals surface area contributed by atoms with Crippen molar-refractivity contribution in [1.82, 2.24) is 4.90 Å². The van der Waals surface area contributed by atoms with Crippen molar-refractivity contribution in [2.45, 2.75) is 48.8 Å². The van der Waals surface area contributed by atoms with Crippen LogP contribution in [0.15, 0.2) is 24.8 Å². The SMILES string of the molecule is C=CCOC(=O)Oc1ccc2c3c1O[C@H]1C(=O)CC[C@@]4(O)[C@@H](C2)N(C)CCC314. The van der Waals surface area contributed by atoms with Crippen molar-refractivity contribution in [2.75, 3.05) is 20.2 Å². The van der Waals surface area contributed by atoms with E-state index >= 15 is 0 Å². The lowest BCUT2D eigenvalue weighted by atomic mass is 9.49. The first-order chi connectivity index (χ1) is 13.4. The zero-order valence-electron chi connectivity index (χ0n) is 15.8. The maximum absolute atomic E-state index is 12.8. The number of likely N-dealkylation sites (tertiary alicyclic amines) is 1. The van der Waals surface area contributed by atoms with Gasteiger partial charge in [-0.05, 0) is 44.5 Å². The van der Waals surface area contributed by atoms with Crippen LogP contribution in [0.4, 0.5) is 4.79 Å². The molecular weight excluding hydrogens is 362 g/mol. The first-order valence-corrected chi connectivity index (χ1v) is 9.66. The first-order valence-electron chi connectivity index (χ1n) is 9.66. The summed E-state index contributed by atoms with van der Waals surface area (Å²) in [6.45, 7) is 4.31. The number of ether oxygens (including phenoxy) is 3. The normalized spacial score (nSPS) is 35.0. The highest BCUT2D eigenvalue weighted by molar-refractivity contribution is 5.90. The third kappa shape index (κ3) is 2.01. The number of nitrogens with zero attached hydrogens (tertiary/aromatic N) is 1. The highest BCUT2D eigenvalue weighted by Gasteiger charge is 2.72. The lowest BCUT2D eigenvalue weighted by Crippen LogP contribution is -2.76. The van der Waals surface area contributed by atoms with E-state index in [1.165, 1.54) is 6.08 Å². The Morgan fingerprint density at radius 3 is 3.07 bits per heavy atom. The van der Waals surface area contributed by atoms with Gasteiger partial charge in [0.2, 0.25) is 0 Å². The van der Waals surface area contributed by atoms with Crippen molar-refractivity contribution in [2.24, 2.45) is 0 Å². The Morgan fingerprint density at radius 1 is 1.46 bits per heavy atom. The van der Waals surface area contributed by atoms with Gasteiger partial charge in [-0.15, -0.1) is 0 Å². The topological polar surface area (TPSA) is 85.3 Å². The van der Waals surface area contributed by atoms with Crippen LogP contribution in [0, 0.1) is 0 Å². The largest absolute Gasteiger partial charge is 0.514 e. The Balaban J connectivity index is 1.65. The van der Waals surface area contributed by atoms with Crippen LogP contribution in [0.3, 0.4) is 0 Å². The number of likely N-dealkylation sites (N-methyl/N-ethyl adjacent to an activating group) is 1. The Hall–Kier alpha value is -2.38. The molecule has 0 amide bonds. The minimum Gasteiger partial charge on any atom is -0.477 e. The molecule has 2 fully saturated rings. The first kappa shape index (κ1) is 17.7. The number of carbonyl (C=O) groups excluding carboxylic acids is 2. The predicted octanol–water partition coefficient (Wildman–Crippen LogP) is 1.74. The zero-order chi connectivity index (χ0) is 19.7. The second-order valence-corrected chi connectivity index (χ2v) is 8.19. The van der Waals surface area contributed by atoms with E-state index in [2.05, 4.69) is 11.5 Å². The van der Waals surface area contributed by atoms with Crippen molar-refractivity contribution in [1.29, 1.82) is 0 Å². The number of hydrogen-bond donors (Lipinski definition) is 1. The van der Waals surface area contributed by atoms with E-state index in [1.807, 2.05) is 13.1 Å². The standard InChI is InChI=1S/C21H23NO6/c1-3-10-26-19(24)27-14-5-4-12-11-15-21(25)7-6-13(23)18-20(21,8-9-22(15)2)16(12)17(14)28-18/h3-5,15,18,25H,1,6-11H2,2H3/t15-,18+,20?,21-/m1/s1. The molecule has 1 unspecified atom stereocenters. The van der Waals surface area contributed by atoms with Crippen molar-refractivity contribution in [3.8, 4) is 11.5 Å². The summed E-state index contributed by atoms with van der Waals surface area (Å²) in [6.07, 6.45) is 1.85. The van der Waals surface area contributed by atoms with Gasteiger partial charge in [-0.2, -0.15) is 0 Å². The number of carbonyl (C=O) groups is 2. The lowest BCUT2D eigenvalue weighted by Gasteiger charge is -2.61. The van der Waals surface area contributed by atoms with Gasteiger partial charge in [0.25, 0.3) is 0 Å². The average Bonchev–Trinajstić information content (AvgIpc) is 3.03. The molecule has 5 rings (SSSR count). The summed E-state index contributed by atoms with van der Waals surface area (Å²) in [6, 6.07) is 3.53. The fourth-order valence-electron chi connectivity index (χ4n) is 5.85. The number of hydrogen-bond acceptors (Lipinski definition) is 7. The summed E-state index contributed by atoms with van der Waals surface area (Å²) in [5.74, 6) is 0.621. The maximum atomic E-state index is 12.8. The molecule has 2 aliphatic carbocycles. The van der Waals surface area contributed by atoms with Crippen LogP contribution in [0.5, 0.6) is 11.5 Å². The predicted molar refractivity (Wildman–Crippen MR) is 98.6 cm³/mol. The number of Topliss-reactive ketones (excluding diaryl/α,β-unsaturated/α-hetero) is 1. The van der Waals surface area contributed by atoms with Crippen LogP contribution in [-0.2, 0) is 21.4 Å². The van der Waals surface area contributed by atoms with Crippen molar-refractivity contribution >= 4 is 11.9 Å². The van der Waals surface area contributed by atoms with Gasteiger partial charge in [-0.3, -0.25) is 4.79 Å². The molecular formula is C21H23NO6. The second kappa shape index (κ2) is 5.81. The van der Waals surface area contributed by atoms with Crippen LogP contribution in [-0.4, -0.2) is 59.9 Å². The fourth-order valence-corrected chi connectivity index (χ4v) is 5.85. The molecule has 2 aliphatic heterocycles. The van der Waals surface area contributed by atoms with Crippen molar-refractivity contribution in [3.63, 3.8) is 0 Å². The van der Waals surface area contributed by atoms with E-state index in [0.717, 1.165) is 17.7 Å². The summed E-state index contributed by atoms with van der Waals surface area (Å²) in [5, 5.41) is 11.9. The van der Waals surface area contributed by atoms with Crippen molar-refractivity contribution in [3.05, 3.63) is 35.9 Å². The Labute approximate surface area is 162 Å². The van der Waals surface area contributed by atoms with E-state index in [-0.39, 0.29) is 30.6 Å².